The van der Waals surface area contributed by atoms with Gasteiger partial charge in [-0.3, -0.25) is 4.79 Å². The minimum Gasteiger partial charge on any atom is -0.378 e. The zero-order chi connectivity index (χ0) is 13.0. The van der Waals surface area contributed by atoms with Crippen molar-refractivity contribution >= 4 is 33.6 Å². The van der Waals surface area contributed by atoms with Crippen molar-refractivity contribution in [2.75, 3.05) is 31.2 Å². The first-order valence-corrected chi connectivity index (χ1v) is 6.56. The Hall–Kier alpha value is -1.33. The van der Waals surface area contributed by atoms with Crippen LogP contribution in [0.15, 0.2) is 28.7 Å². The fraction of sp³-hybridized carbons (Fsp3) is 0.308. The Bertz CT molecular complexity index is 468. The first-order valence-electron chi connectivity index (χ1n) is 5.76. The molecule has 1 amide bonds. The molecule has 0 spiro atoms. The van der Waals surface area contributed by atoms with Crippen LogP contribution in [0.5, 0.6) is 0 Å². The van der Waals surface area contributed by atoms with Crippen LogP contribution in [-0.2, 0) is 9.53 Å². The Balaban J connectivity index is 2.16. The van der Waals surface area contributed by atoms with Gasteiger partial charge < -0.3 is 15.4 Å². The summed E-state index contributed by atoms with van der Waals surface area (Å²) >= 11 is 3.56. The van der Waals surface area contributed by atoms with E-state index in [-0.39, 0.29) is 0 Å². The van der Waals surface area contributed by atoms with Crippen molar-refractivity contribution in [1.82, 2.24) is 0 Å². The van der Waals surface area contributed by atoms with E-state index in [9.17, 15) is 4.79 Å². The Labute approximate surface area is 115 Å². The van der Waals surface area contributed by atoms with Gasteiger partial charge in [-0.2, -0.15) is 0 Å². The molecule has 0 aromatic heterocycles. The number of amides is 1. The van der Waals surface area contributed by atoms with E-state index >= 15 is 0 Å². The molecule has 1 aliphatic heterocycles. The van der Waals surface area contributed by atoms with Crippen LogP contribution >= 0.6 is 15.9 Å². The summed E-state index contributed by atoms with van der Waals surface area (Å²) in [6.07, 6.45) is 3.06. The highest BCUT2D eigenvalue weighted by Crippen LogP contribution is 2.28. The van der Waals surface area contributed by atoms with Crippen molar-refractivity contribution in [1.29, 1.82) is 0 Å². The van der Waals surface area contributed by atoms with E-state index < -0.39 is 5.91 Å². The van der Waals surface area contributed by atoms with Crippen molar-refractivity contribution in [3.63, 3.8) is 0 Å². The van der Waals surface area contributed by atoms with Crippen LogP contribution < -0.4 is 10.6 Å². The smallest absolute Gasteiger partial charge is 0.241 e. The normalized spacial score (nSPS) is 16.2. The summed E-state index contributed by atoms with van der Waals surface area (Å²) in [5.74, 6) is -0.441. The molecule has 5 heteroatoms. The van der Waals surface area contributed by atoms with Gasteiger partial charge in [0.1, 0.15) is 0 Å². The summed E-state index contributed by atoms with van der Waals surface area (Å²) in [7, 11) is 0. The molecule has 1 fully saturated rings. The largest absolute Gasteiger partial charge is 0.378 e. The monoisotopic (exact) mass is 310 g/mol. The molecule has 4 nitrogen and oxygen atoms in total. The zero-order valence-electron chi connectivity index (χ0n) is 9.93. The molecule has 0 atom stereocenters. The minimum atomic E-state index is -0.441. The summed E-state index contributed by atoms with van der Waals surface area (Å²) < 4.78 is 6.34. The molecule has 1 aliphatic rings. The molecule has 0 radical (unpaired) electrons. The number of nitrogens with zero attached hydrogens (tertiary/aromatic N) is 1. The van der Waals surface area contributed by atoms with Crippen LogP contribution in [0.25, 0.3) is 6.08 Å². The van der Waals surface area contributed by atoms with Crippen LogP contribution in [0.1, 0.15) is 5.56 Å². The third kappa shape index (κ3) is 3.34. The van der Waals surface area contributed by atoms with E-state index in [1.54, 1.807) is 6.08 Å². The number of carbonyl (C=O) groups is 1. The third-order valence-electron chi connectivity index (χ3n) is 2.76. The van der Waals surface area contributed by atoms with Crippen molar-refractivity contribution in [3.8, 4) is 0 Å². The number of morpholine rings is 1. The van der Waals surface area contributed by atoms with E-state index in [0.29, 0.717) is 0 Å². The Morgan fingerprint density at radius 2 is 2.11 bits per heavy atom. The van der Waals surface area contributed by atoms with Crippen molar-refractivity contribution in [2.45, 2.75) is 0 Å². The average molecular weight is 311 g/mol. The lowest BCUT2D eigenvalue weighted by molar-refractivity contribution is -0.113. The van der Waals surface area contributed by atoms with Crippen molar-refractivity contribution < 1.29 is 9.53 Å². The number of carbonyl (C=O) groups excluding carboxylic acids is 1. The number of nitrogens with two attached hydrogens (primary N) is 1. The second-order valence-corrected chi connectivity index (χ2v) is 4.90. The van der Waals surface area contributed by atoms with Crippen LogP contribution in [-0.4, -0.2) is 32.2 Å². The van der Waals surface area contributed by atoms with E-state index in [2.05, 4.69) is 20.8 Å². The molecule has 0 unspecified atom stereocenters. The molecular weight excluding hydrogens is 296 g/mol. The average Bonchev–Trinajstić information content (AvgIpc) is 2.37. The van der Waals surface area contributed by atoms with Gasteiger partial charge in [0.25, 0.3) is 0 Å². The number of ether oxygens (including phenoxy) is 1. The lowest BCUT2D eigenvalue weighted by Crippen LogP contribution is -2.36. The molecular formula is C13H15BrN2O2. The van der Waals surface area contributed by atoms with Crippen molar-refractivity contribution in [2.24, 2.45) is 5.73 Å². The predicted octanol–water partition coefficient (Wildman–Crippen LogP) is 1.78. The highest BCUT2D eigenvalue weighted by atomic mass is 79.9. The predicted molar refractivity (Wildman–Crippen MR) is 75.4 cm³/mol. The highest BCUT2D eigenvalue weighted by Gasteiger charge is 2.13. The molecule has 1 aromatic carbocycles. The number of hydrogen-bond acceptors (Lipinski definition) is 3. The van der Waals surface area contributed by atoms with Gasteiger partial charge in [-0.25, -0.2) is 0 Å². The van der Waals surface area contributed by atoms with Crippen LogP contribution in [0.2, 0.25) is 0 Å². The first-order chi connectivity index (χ1) is 8.66. The maximum Gasteiger partial charge on any atom is 0.241 e. The summed E-state index contributed by atoms with van der Waals surface area (Å²) in [6.45, 7) is 3.32. The summed E-state index contributed by atoms with van der Waals surface area (Å²) in [5, 5.41) is 0. The van der Waals surface area contributed by atoms with Gasteiger partial charge in [-0.05, 0) is 39.7 Å². The van der Waals surface area contributed by atoms with E-state index in [0.717, 1.165) is 42.0 Å². The molecule has 18 heavy (non-hydrogen) atoms. The maximum atomic E-state index is 10.7. The molecule has 0 aliphatic carbocycles. The summed E-state index contributed by atoms with van der Waals surface area (Å²) in [5.41, 5.74) is 7.16. The third-order valence-corrected chi connectivity index (χ3v) is 3.40. The number of benzene rings is 1. The standard InChI is InChI=1S/C13H15BrN2O2/c14-11-9-10(2-4-13(15)17)1-3-12(11)16-5-7-18-8-6-16/h1-4,9H,5-8H2,(H2,15,17)/b4-2+. The van der Waals surface area contributed by atoms with Gasteiger partial charge in [0.05, 0.1) is 18.9 Å². The topological polar surface area (TPSA) is 55.6 Å². The molecule has 1 saturated heterocycles. The minimum absolute atomic E-state index is 0.441. The second-order valence-electron chi connectivity index (χ2n) is 4.05. The number of anilines is 1. The Kier molecular flexibility index (Phi) is 4.38. The number of primary amides is 1. The van der Waals surface area contributed by atoms with E-state index in [1.165, 1.54) is 6.08 Å². The van der Waals surface area contributed by atoms with E-state index in [4.69, 9.17) is 10.5 Å². The fourth-order valence-corrected chi connectivity index (χ4v) is 2.51. The van der Waals surface area contributed by atoms with Crippen molar-refractivity contribution in [3.05, 3.63) is 34.3 Å². The number of halogens is 1. The molecule has 96 valence electrons. The van der Waals surface area contributed by atoms with Gasteiger partial charge in [0.15, 0.2) is 0 Å². The van der Waals surface area contributed by atoms with Gasteiger partial charge in [-0.15, -0.1) is 0 Å². The molecule has 2 rings (SSSR count). The summed E-state index contributed by atoms with van der Waals surface area (Å²) in [4.78, 5) is 12.9. The molecule has 1 heterocycles. The zero-order valence-corrected chi connectivity index (χ0v) is 11.5. The second kappa shape index (κ2) is 6.02. The number of hydrogen-bond donors (Lipinski definition) is 1. The van der Waals surface area contributed by atoms with E-state index in [1.807, 2.05) is 18.2 Å². The van der Waals surface area contributed by atoms with Gasteiger partial charge in [-0.1, -0.05) is 6.07 Å². The summed E-state index contributed by atoms with van der Waals surface area (Å²) in [6, 6.07) is 5.98. The maximum absolute atomic E-state index is 10.7. The molecule has 2 N–H and O–H groups in total. The molecule has 0 saturated carbocycles. The highest BCUT2D eigenvalue weighted by molar-refractivity contribution is 9.10. The van der Waals surface area contributed by atoms with Crippen LogP contribution in [0.3, 0.4) is 0 Å². The Morgan fingerprint density at radius 3 is 2.72 bits per heavy atom. The lowest BCUT2D eigenvalue weighted by Gasteiger charge is -2.29. The molecule has 0 bridgehead atoms. The Morgan fingerprint density at radius 1 is 1.39 bits per heavy atom. The van der Waals surface area contributed by atoms with Crippen LogP contribution in [0, 0.1) is 0 Å². The lowest BCUT2D eigenvalue weighted by atomic mass is 10.1. The fourth-order valence-electron chi connectivity index (χ4n) is 1.87. The van der Waals surface area contributed by atoms with Gasteiger partial charge in [0, 0.05) is 23.6 Å². The number of rotatable bonds is 3. The van der Waals surface area contributed by atoms with Crippen LogP contribution in [0.4, 0.5) is 5.69 Å². The molecule has 1 aromatic rings. The van der Waals surface area contributed by atoms with Gasteiger partial charge >= 0.3 is 0 Å². The quantitative estimate of drug-likeness (QED) is 0.866. The SMILES string of the molecule is NC(=O)/C=C/c1ccc(N2CCOCC2)c(Br)c1. The van der Waals surface area contributed by atoms with Gasteiger partial charge in [0.2, 0.25) is 5.91 Å². The first kappa shape index (κ1) is 13.1.